The summed E-state index contributed by atoms with van der Waals surface area (Å²) in [6, 6.07) is 0.340. The van der Waals surface area contributed by atoms with Crippen LogP contribution in [0.3, 0.4) is 0 Å². The van der Waals surface area contributed by atoms with Crippen molar-refractivity contribution in [1.29, 1.82) is 0 Å². The third kappa shape index (κ3) is 5.83. The maximum Gasteiger partial charge on any atom is 0.314 e. The van der Waals surface area contributed by atoms with E-state index in [1.165, 1.54) is 32.1 Å². The second-order valence-corrected chi connectivity index (χ2v) is 8.23. The lowest BCUT2D eigenvalue weighted by Gasteiger charge is -2.37. The molecule has 3 fully saturated rings. The summed E-state index contributed by atoms with van der Waals surface area (Å²) in [4.78, 5) is 14.8. The monoisotopic (exact) mass is 367 g/mol. The molecule has 2 amide bonds. The van der Waals surface area contributed by atoms with Gasteiger partial charge in [0.25, 0.3) is 0 Å². The van der Waals surface area contributed by atoms with E-state index in [4.69, 9.17) is 9.47 Å². The number of nitrogens with one attached hydrogen (secondary N) is 2. The summed E-state index contributed by atoms with van der Waals surface area (Å²) < 4.78 is 11.1. The summed E-state index contributed by atoms with van der Waals surface area (Å²) in [5.74, 6) is 2.07. The quantitative estimate of drug-likeness (QED) is 0.724. The van der Waals surface area contributed by atoms with Gasteiger partial charge in [-0.2, -0.15) is 0 Å². The molecular formula is C20H37N3O3. The van der Waals surface area contributed by atoms with Crippen LogP contribution >= 0.6 is 0 Å². The molecule has 1 aliphatic carbocycles. The maximum absolute atomic E-state index is 12.3. The molecule has 150 valence electrons. The average molecular weight is 368 g/mol. The Hall–Kier alpha value is -0.850. The first kappa shape index (κ1) is 19.9. The van der Waals surface area contributed by atoms with Gasteiger partial charge in [0.2, 0.25) is 0 Å². The fourth-order valence-corrected chi connectivity index (χ4v) is 4.70. The van der Waals surface area contributed by atoms with Crippen molar-refractivity contribution in [3.05, 3.63) is 0 Å². The molecule has 0 radical (unpaired) electrons. The van der Waals surface area contributed by atoms with Crippen molar-refractivity contribution in [2.45, 2.75) is 51.5 Å². The molecule has 6 heteroatoms. The van der Waals surface area contributed by atoms with Crippen LogP contribution in [0.5, 0.6) is 0 Å². The summed E-state index contributed by atoms with van der Waals surface area (Å²) in [6.07, 6.45) is 7.56. The predicted octanol–water partition coefficient (Wildman–Crippen LogP) is 2.24. The average Bonchev–Trinajstić information content (AvgIpc) is 3.22. The van der Waals surface area contributed by atoms with Crippen molar-refractivity contribution in [3.8, 4) is 0 Å². The largest absolute Gasteiger partial charge is 0.381 e. The molecule has 0 aromatic heterocycles. The minimum Gasteiger partial charge on any atom is -0.381 e. The maximum atomic E-state index is 12.3. The third-order valence-corrected chi connectivity index (χ3v) is 6.59. The van der Waals surface area contributed by atoms with Crippen LogP contribution in [0.25, 0.3) is 0 Å². The molecule has 3 rings (SSSR count). The molecule has 0 bridgehead atoms. The number of rotatable bonds is 7. The molecule has 2 aliphatic heterocycles. The van der Waals surface area contributed by atoms with E-state index in [1.807, 2.05) is 0 Å². The van der Waals surface area contributed by atoms with Crippen LogP contribution in [0.2, 0.25) is 0 Å². The zero-order valence-electron chi connectivity index (χ0n) is 16.4. The number of ether oxygens (including phenoxy) is 2. The highest BCUT2D eigenvalue weighted by atomic mass is 16.5. The van der Waals surface area contributed by atoms with E-state index in [9.17, 15) is 4.79 Å². The van der Waals surface area contributed by atoms with Crippen molar-refractivity contribution in [2.75, 3.05) is 52.6 Å². The van der Waals surface area contributed by atoms with Gasteiger partial charge in [0, 0.05) is 44.7 Å². The van der Waals surface area contributed by atoms with Crippen LogP contribution in [-0.4, -0.2) is 69.6 Å². The number of carbonyl (C=O) groups excluding carboxylic acids is 1. The topological polar surface area (TPSA) is 62.8 Å². The van der Waals surface area contributed by atoms with E-state index in [2.05, 4.69) is 22.5 Å². The highest BCUT2D eigenvalue weighted by molar-refractivity contribution is 5.73. The summed E-state index contributed by atoms with van der Waals surface area (Å²) >= 11 is 0. The van der Waals surface area contributed by atoms with Gasteiger partial charge in [-0.3, -0.25) is 4.90 Å². The van der Waals surface area contributed by atoms with Crippen LogP contribution in [0.15, 0.2) is 0 Å². The lowest BCUT2D eigenvalue weighted by molar-refractivity contribution is 0.00212. The molecule has 2 N–H and O–H groups in total. The smallest absolute Gasteiger partial charge is 0.314 e. The van der Waals surface area contributed by atoms with Gasteiger partial charge in [-0.05, 0) is 31.1 Å². The van der Waals surface area contributed by atoms with Gasteiger partial charge < -0.3 is 20.1 Å². The number of hydrogen-bond donors (Lipinski definition) is 2. The van der Waals surface area contributed by atoms with Crippen LogP contribution < -0.4 is 10.6 Å². The molecule has 3 aliphatic rings. The Kier molecular flexibility index (Phi) is 8.02. The van der Waals surface area contributed by atoms with Crippen molar-refractivity contribution in [1.82, 2.24) is 15.5 Å². The van der Waals surface area contributed by atoms with Crippen LogP contribution in [0.4, 0.5) is 4.79 Å². The number of morpholine rings is 1. The molecule has 2 heterocycles. The molecule has 1 saturated carbocycles. The van der Waals surface area contributed by atoms with Gasteiger partial charge in [-0.1, -0.05) is 26.2 Å². The Morgan fingerprint density at radius 2 is 1.73 bits per heavy atom. The molecule has 2 unspecified atom stereocenters. The lowest BCUT2D eigenvalue weighted by atomic mass is 9.81. The van der Waals surface area contributed by atoms with Gasteiger partial charge in [0.1, 0.15) is 0 Å². The minimum atomic E-state index is -0.0141. The highest BCUT2D eigenvalue weighted by Crippen LogP contribution is 2.30. The number of amides is 2. The van der Waals surface area contributed by atoms with Crippen molar-refractivity contribution in [3.63, 3.8) is 0 Å². The fraction of sp³-hybridized carbons (Fsp3) is 0.950. The molecule has 26 heavy (non-hydrogen) atoms. The molecule has 2 atom stereocenters. The van der Waals surface area contributed by atoms with E-state index < -0.39 is 0 Å². The van der Waals surface area contributed by atoms with E-state index in [-0.39, 0.29) is 6.03 Å². The second-order valence-electron chi connectivity index (χ2n) is 8.23. The molecule has 0 aromatic carbocycles. The normalized spacial score (nSPS) is 31.5. The van der Waals surface area contributed by atoms with E-state index in [1.54, 1.807) is 0 Å². The Morgan fingerprint density at radius 1 is 1.00 bits per heavy atom. The van der Waals surface area contributed by atoms with Gasteiger partial charge in [-0.15, -0.1) is 0 Å². The Labute approximate surface area is 158 Å². The standard InChI is InChI=1S/C20H37N3O3/c1-2-16-3-5-17(6-4-16)13-21-20(24)22-14-19(18-7-10-26-15-18)23-8-11-25-12-9-23/h16-19H,2-15H2,1H3,(H2,21,22,24). The summed E-state index contributed by atoms with van der Waals surface area (Å²) in [6.45, 7) is 8.93. The number of hydrogen-bond acceptors (Lipinski definition) is 4. The predicted molar refractivity (Wildman–Crippen MR) is 102 cm³/mol. The van der Waals surface area contributed by atoms with Gasteiger partial charge in [0.15, 0.2) is 0 Å². The van der Waals surface area contributed by atoms with Crippen molar-refractivity contribution in [2.24, 2.45) is 17.8 Å². The SMILES string of the molecule is CCC1CCC(CNC(=O)NCC(C2CCOC2)N2CCOCC2)CC1. The first-order valence-electron chi connectivity index (χ1n) is 10.7. The highest BCUT2D eigenvalue weighted by Gasteiger charge is 2.31. The van der Waals surface area contributed by atoms with Crippen LogP contribution in [0.1, 0.15) is 45.4 Å². The Balaban J connectivity index is 1.39. The van der Waals surface area contributed by atoms with E-state index in [0.29, 0.717) is 24.4 Å². The molecule has 0 spiro atoms. The summed E-state index contributed by atoms with van der Waals surface area (Å²) in [5.41, 5.74) is 0. The van der Waals surface area contributed by atoms with Crippen LogP contribution in [-0.2, 0) is 9.47 Å². The number of nitrogens with zero attached hydrogens (tertiary/aromatic N) is 1. The van der Waals surface area contributed by atoms with E-state index >= 15 is 0 Å². The van der Waals surface area contributed by atoms with Gasteiger partial charge in [0.05, 0.1) is 19.8 Å². The first-order valence-corrected chi connectivity index (χ1v) is 10.7. The van der Waals surface area contributed by atoms with Gasteiger partial charge >= 0.3 is 6.03 Å². The summed E-state index contributed by atoms with van der Waals surface area (Å²) in [5, 5.41) is 6.24. The van der Waals surface area contributed by atoms with Crippen LogP contribution in [0, 0.1) is 17.8 Å². The minimum absolute atomic E-state index is 0.0141. The lowest BCUT2D eigenvalue weighted by Crippen LogP contribution is -2.53. The Bertz CT molecular complexity index is 415. The summed E-state index contributed by atoms with van der Waals surface area (Å²) in [7, 11) is 0. The Morgan fingerprint density at radius 3 is 2.38 bits per heavy atom. The number of urea groups is 1. The van der Waals surface area contributed by atoms with Gasteiger partial charge in [-0.25, -0.2) is 4.79 Å². The molecule has 2 saturated heterocycles. The molecule has 0 aromatic rings. The first-order chi connectivity index (χ1) is 12.8. The number of carbonyl (C=O) groups is 1. The molecular weight excluding hydrogens is 330 g/mol. The zero-order valence-corrected chi connectivity index (χ0v) is 16.4. The van der Waals surface area contributed by atoms with E-state index in [0.717, 1.165) is 58.4 Å². The second kappa shape index (κ2) is 10.5. The van der Waals surface area contributed by atoms with Crippen molar-refractivity contribution >= 4 is 6.03 Å². The molecule has 6 nitrogen and oxygen atoms in total. The fourth-order valence-electron chi connectivity index (χ4n) is 4.70. The third-order valence-electron chi connectivity index (χ3n) is 6.59. The van der Waals surface area contributed by atoms with Crippen molar-refractivity contribution < 1.29 is 14.3 Å². The zero-order chi connectivity index (χ0) is 18.2.